The molecule has 0 amide bonds. The average Bonchev–Trinajstić information content (AvgIpc) is 2.36. The molecule has 1 aliphatic carbocycles. The summed E-state index contributed by atoms with van der Waals surface area (Å²) >= 11 is 0. The molecule has 0 saturated heterocycles. The van der Waals surface area contributed by atoms with E-state index in [1.54, 1.807) is 7.11 Å². The maximum absolute atomic E-state index is 6.31. The van der Waals surface area contributed by atoms with Crippen LogP contribution < -0.4 is 9.47 Å². The van der Waals surface area contributed by atoms with Crippen molar-refractivity contribution >= 4 is 5.57 Å². The first-order valence-electron chi connectivity index (χ1n) is 7.53. The highest BCUT2D eigenvalue weighted by molar-refractivity contribution is 5.81. The van der Waals surface area contributed by atoms with Crippen LogP contribution in [-0.4, -0.2) is 12.7 Å². The van der Waals surface area contributed by atoms with Crippen LogP contribution in [0.5, 0.6) is 11.5 Å². The van der Waals surface area contributed by atoms with Crippen molar-refractivity contribution in [1.29, 1.82) is 0 Å². The molecule has 1 aromatic rings. The van der Waals surface area contributed by atoms with Crippen molar-refractivity contribution in [2.24, 2.45) is 5.92 Å². The Morgan fingerprint density at radius 1 is 1.30 bits per heavy atom. The Labute approximate surface area is 121 Å². The van der Waals surface area contributed by atoms with Crippen LogP contribution in [0.1, 0.15) is 51.2 Å². The molecule has 0 bridgehead atoms. The molecule has 0 N–H and O–H groups in total. The lowest BCUT2D eigenvalue weighted by Crippen LogP contribution is -2.36. The van der Waals surface area contributed by atoms with Crippen molar-refractivity contribution < 1.29 is 9.47 Å². The third-order valence-electron chi connectivity index (χ3n) is 4.63. The van der Waals surface area contributed by atoms with Crippen molar-refractivity contribution in [2.45, 2.75) is 52.6 Å². The van der Waals surface area contributed by atoms with Crippen molar-refractivity contribution in [1.82, 2.24) is 0 Å². The van der Waals surface area contributed by atoms with E-state index in [9.17, 15) is 0 Å². The van der Waals surface area contributed by atoms with Crippen molar-refractivity contribution in [2.75, 3.05) is 7.11 Å². The number of benzene rings is 1. The van der Waals surface area contributed by atoms with Gasteiger partial charge in [-0.1, -0.05) is 6.92 Å². The van der Waals surface area contributed by atoms with Crippen LogP contribution in [0.15, 0.2) is 17.7 Å². The molecular weight excluding hydrogens is 248 g/mol. The molecule has 108 valence electrons. The van der Waals surface area contributed by atoms with E-state index < -0.39 is 0 Å². The van der Waals surface area contributed by atoms with Crippen LogP contribution >= 0.6 is 0 Å². The number of hydrogen-bond acceptors (Lipinski definition) is 2. The van der Waals surface area contributed by atoms with Gasteiger partial charge in [0.25, 0.3) is 0 Å². The van der Waals surface area contributed by atoms with Gasteiger partial charge in [-0.15, -0.1) is 0 Å². The van der Waals surface area contributed by atoms with Crippen LogP contribution in [0.3, 0.4) is 0 Å². The van der Waals surface area contributed by atoms with Gasteiger partial charge in [-0.05, 0) is 74.8 Å². The zero-order valence-electron chi connectivity index (χ0n) is 13.2. The summed E-state index contributed by atoms with van der Waals surface area (Å²) in [5, 5.41) is 0. The monoisotopic (exact) mass is 272 g/mol. The van der Waals surface area contributed by atoms with Crippen LogP contribution in [0, 0.1) is 12.8 Å². The Morgan fingerprint density at radius 3 is 2.75 bits per heavy atom. The first kappa shape index (κ1) is 13.5. The van der Waals surface area contributed by atoms with Crippen molar-refractivity contribution in [3.63, 3.8) is 0 Å². The lowest BCUT2D eigenvalue weighted by atomic mass is 9.74. The molecule has 0 spiro atoms. The number of methoxy groups -OCH3 is 1. The predicted octanol–water partition coefficient (Wildman–Crippen LogP) is 4.75. The summed E-state index contributed by atoms with van der Waals surface area (Å²) in [6.45, 7) is 8.81. The Balaban J connectivity index is 2.25. The number of aryl methyl sites for hydroxylation is 1. The largest absolute Gasteiger partial charge is 0.496 e. The summed E-state index contributed by atoms with van der Waals surface area (Å²) in [6.07, 6.45) is 3.53. The summed E-state index contributed by atoms with van der Waals surface area (Å²) in [5.74, 6) is 2.68. The van der Waals surface area contributed by atoms with Gasteiger partial charge in [0, 0.05) is 0 Å². The second-order valence-corrected chi connectivity index (χ2v) is 6.76. The van der Waals surface area contributed by atoms with Gasteiger partial charge >= 0.3 is 0 Å². The molecule has 1 atom stereocenters. The summed E-state index contributed by atoms with van der Waals surface area (Å²) in [7, 11) is 1.75. The smallest absolute Gasteiger partial charge is 0.132 e. The Kier molecular flexibility index (Phi) is 3.07. The predicted molar refractivity (Wildman–Crippen MR) is 82.4 cm³/mol. The minimum absolute atomic E-state index is 0.193. The molecule has 1 heterocycles. The van der Waals surface area contributed by atoms with Gasteiger partial charge in [0.05, 0.1) is 12.7 Å². The Bertz CT molecular complexity index is 581. The van der Waals surface area contributed by atoms with E-state index in [1.165, 1.54) is 28.7 Å². The van der Waals surface area contributed by atoms with Gasteiger partial charge in [0.1, 0.15) is 17.1 Å². The van der Waals surface area contributed by atoms with Crippen LogP contribution in [-0.2, 0) is 0 Å². The Hall–Kier alpha value is -1.44. The molecule has 1 aliphatic heterocycles. The van der Waals surface area contributed by atoms with Gasteiger partial charge in [-0.2, -0.15) is 0 Å². The average molecular weight is 272 g/mol. The molecule has 2 nitrogen and oxygen atoms in total. The fourth-order valence-corrected chi connectivity index (χ4v) is 3.63. The lowest BCUT2D eigenvalue weighted by Gasteiger charge is -2.41. The third-order valence-corrected chi connectivity index (χ3v) is 4.63. The van der Waals surface area contributed by atoms with E-state index in [0.717, 1.165) is 30.3 Å². The van der Waals surface area contributed by atoms with Crippen molar-refractivity contribution in [3.8, 4) is 11.5 Å². The molecule has 0 aromatic heterocycles. The van der Waals surface area contributed by atoms with Gasteiger partial charge in [-0.3, -0.25) is 0 Å². The molecule has 0 saturated carbocycles. The first-order valence-corrected chi connectivity index (χ1v) is 7.53. The molecule has 2 aliphatic rings. The van der Waals surface area contributed by atoms with E-state index in [-0.39, 0.29) is 5.60 Å². The van der Waals surface area contributed by atoms with Crippen LogP contribution in [0.2, 0.25) is 0 Å². The highest BCUT2D eigenvalue weighted by Gasteiger charge is 2.38. The topological polar surface area (TPSA) is 18.5 Å². The number of ether oxygens (including phenoxy) is 2. The molecule has 3 rings (SSSR count). The van der Waals surface area contributed by atoms with Gasteiger partial charge in [0.2, 0.25) is 0 Å². The number of allylic oxidation sites excluding steroid dienone is 1. The standard InChI is InChI=1S/C18H24O2/c1-11-6-7-14-13(8-11)17-15(19-5)9-12(2)10-16(17)20-18(14,3)4/h9-11H,6-8H2,1-5H3. The van der Waals surface area contributed by atoms with Gasteiger partial charge in [0.15, 0.2) is 0 Å². The normalized spacial score (nSPS) is 23.8. The van der Waals surface area contributed by atoms with E-state index in [0.29, 0.717) is 0 Å². The quantitative estimate of drug-likeness (QED) is 0.734. The van der Waals surface area contributed by atoms with E-state index in [1.807, 2.05) is 0 Å². The molecule has 1 aromatic carbocycles. The van der Waals surface area contributed by atoms with E-state index in [4.69, 9.17) is 9.47 Å². The molecule has 20 heavy (non-hydrogen) atoms. The molecule has 1 unspecified atom stereocenters. The maximum Gasteiger partial charge on any atom is 0.132 e. The van der Waals surface area contributed by atoms with Gasteiger partial charge in [-0.25, -0.2) is 0 Å². The first-order chi connectivity index (χ1) is 9.42. The summed E-state index contributed by atoms with van der Waals surface area (Å²) in [6, 6.07) is 4.26. The van der Waals surface area contributed by atoms with Crippen LogP contribution in [0.4, 0.5) is 0 Å². The second kappa shape index (κ2) is 4.54. The zero-order valence-corrected chi connectivity index (χ0v) is 13.2. The Morgan fingerprint density at radius 2 is 2.05 bits per heavy atom. The number of rotatable bonds is 1. The zero-order chi connectivity index (χ0) is 14.5. The highest BCUT2D eigenvalue weighted by Crippen LogP contribution is 2.51. The van der Waals surface area contributed by atoms with E-state index >= 15 is 0 Å². The van der Waals surface area contributed by atoms with Crippen LogP contribution in [0.25, 0.3) is 5.57 Å². The SMILES string of the molecule is COc1cc(C)cc2c1C1=C(CCC(C)C1)C(C)(C)O2. The summed E-state index contributed by atoms with van der Waals surface area (Å²) in [5.41, 5.74) is 5.11. The minimum Gasteiger partial charge on any atom is -0.496 e. The fraction of sp³-hybridized carbons (Fsp3) is 0.556. The highest BCUT2D eigenvalue weighted by atomic mass is 16.5. The summed E-state index contributed by atoms with van der Waals surface area (Å²) < 4.78 is 11.9. The van der Waals surface area contributed by atoms with Crippen molar-refractivity contribution in [3.05, 3.63) is 28.8 Å². The second-order valence-electron chi connectivity index (χ2n) is 6.76. The van der Waals surface area contributed by atoms with E-state index in [2.05, 4.69) is 39.8 Å². The maximum atomic E-state index is 6.31. The third kappa shape index (κ3) is 2.02. The number of hydrogen-bond donors (Lipinski definition) is 0. The molecule has 2 heteroatoms. The molecule has 0 fully saturated rings. The van der Waals surface area contributed by atoms with Gasteiger partial charge < -0.3 is 9.47 Å². The fourth-order valence-electron chi connectivity index (χ4n) is 3.63. The molecular formula is C18H24O2. The lowest BCUT2D eigenvalue weighted by molar-refractivity contribution is 0.135. The summed E-state index contributed by atoms with van der Waals surface area (Å²) in [4.78, 5) is 0. The number of fused-ring (bicyclic) bond motifs is 2. The minimum atomic E-state index is -0.193. The molecule has 0 radical (unpaired) electrons.